The fraction of sp³-hybridized carbons (Fsp3) is 0.143. The largest absolute Gasteiger partial charge is 0.305 e. The number of nitro benzene ring substituents is 1. The second kappa shape index (κ2) is 3.83. The third-order valence-corrected chi connectivity index (χ3v) is 1.83. The molecule has 0 saturated carbocycles. The van der Waals surface area contributed by atoms with Crippen LogP contribution in [-0.4, -0.2) is 4.92 Å². The van der Waals surface area contributed by atoms with Gasteiger partial charge >= 0.3 is 5.69 Å². The van der Waals surface area contributed by atoms with Gasteiger partial charge in [0.25, 0.3) is 6.43 Å². The van der Waals surface area contributed by atoms with Crippen LogP contribution < -0.4 is 0 Å². The Kier molecular flexibility index (Phi) is 2.95. The van der Waals surface area contributed by atoms with E-state index in [1.165, 1.54) is 0 Å². The van der Waals surface area contributed by atoms with Crippen molar-refractivity contribution >= 4 is 17.3 Å². The van der Waals surface area contributed by atoms with Crippen molar-refractivity contribution in [3.05, 3.63) is 38.7 Å². The minimum atomic E-state index is -2.97. The normalized spacial score (nSPS) is 10.6. The first kappa shape index (κ1) is 10.8. The van der Waals surface area contributed by atoms with Crippen molar-refractivity contribution in [3.63, 3.8) is 0 Å². The summed E-state index contributed by atoms with van der Waals surface area (Å²) in [5, 5.41) is 9.66. The molecular weight excluding hydrogens is 223 g/mol. The molecule has 0 saturated heterocycles. The molecule has 0 unspecified atom stereocenters. The van der Waals surface area contributed by atoms with Crippen LogP contribution in [0, 0.1) is 15.9 Å². The van der Waals surface area contributed by atoms with Crippen LogP contribution in [0.1, 0.15) is 12.0 Å². The van der Waals surface area contributed by atoms with Gasteiger partial charge in [-0.1, -0.05) is 11.6 Å². The number of rotatable bonds is 2. The molecule has 1 aromatic carbocycles. The fourth-order valence-corrected chi connectivity index (χ4v) is 1.09. The molecule has 0 N–H and O–H groups in total. The number of halogens is 4. The predicted octanol–water partition coefficient (Wildman–Crippen LogP) is 3.32. The lowest BCUT2D eigenvalue weighted by Crippen LogP contribution is -1.96. The highest BCUT2D eigenvalue weighted by Gasteiger charge is 2.21. The number of nitro groups is 1. The third-order valence-electron chi connectivity index (χ3n) is 1.50. The highest BCUT2D eigenvalue weighted by Crippen LogP contribution is 2.32. The summed E-state index contributed by atoms with van der Waals surface area (Å²) < 4.78 is 37.1. The zero-order valence-electron chi connectivity index (χ0n) is 6.51. The minimum absolute atomic E-state index is 0.433. The molecule has 1 aromatic rings. The third kappa shape index (κ3) is 1.95. The van der Waals surface area contributed by atoms with Gasteiger partial charge in [-0.05, 0) is 0 Å². The molecule has 3 nitrogen and oxygen atoms in total. The molecule has 1 rings (SSSR count). The molecule has 0 aromatic heterocycles. The van der Waals surface area contributed by atoms with Crippen LogP contribution in [0.15, 0.2) is 12.1 Å². The van der Waals surface area contributed by atoms with Crippen LogP contribution >= 0.6 is 11.6 Å². The quantitative estimate of drug-likeness (QED) is 0.572. The van der Waals surface area contributed by atoms with Crippen molar-refractivity contribution in [2.24, 2.45) is 0 Å². The summed E-state index contributed by atoms with van der Waals surface area (Å²) in [6, 6.07) is 0.934. The van der Waals surface area contributed by atoms with Crippen molar-refractivity contribution in [2.45, 2.75) is 6.43 Å². The lowest BCUT2D eigenvalue weighted by molar-refractivity contribution is -0.387. The number of alkyl halides is 2. The van der Waals surface area contributed by atoms with E-state index in [1.807, 2.05) is 0 Å². The van der Waals surface area contributed by atoms with Gasteiger partial charge in [0.05, 0.1) is 9.95 Å². The van der Waals surface area contributed by atoms with Crippen LogP contribution in [0.25, 0.3) is 0 Å². The Morgan fingerprint density at radius 3 is 2.43 bits per heavy atom. The Labute approximate surface area is 81.2 Å². The van der Waals surface area contributed by atoms with Gasteiger partial charge in [-0.15, -0.1) is 0 Å². The maximum atomic E-state index is 12.8. The second-order valence-corrected chi connectivity index (χ2v) is 2.79. The van der Waals surface area contributed by atoms with E-state index in [9.17, 15) is 23.3 Å². The number of hydrogen-bond acceptors (Lipinski definition) is 2. The summed E-state index contributed by atoms with van der Waals surface area (Å²) in [4.78, 5) is 9.10. The fourth-order valence-electron chi connectivity index (χ4n) is 0.861. The summed E-state index contributed by atoms with van der Waals surface area (Å²) in [6.07, 6.45) is -2.97. The lowest BCUT2D eigenvalue weighted by atomic mass is 10.2. The summed E-state index contributed by atoms with van der Waals surface area (Å²) in [6.45, 7) is 0. The van der Waals surface area contributed by atoms with Crippen LogP contribution in [0.4, 0.5) is 18.9 Å². The zero-order chi connectivity index (χ0) is 10.9. The smallest absolute Gasteiger partial charge is 0.258 e. The van der Waals surface area contributed by atoms with Crippen molar-refractivity contribution in [1.29, 1.82) is 0 Å². The summed E-state index contributed by atoms with van der Waals surface area (Å²) in [5.41, 5.74) is -1.76. The van der Waals surface area contributed by atoms with Gasteiger partial charge in [0.2, 0.25) is 5.82 Å². The molecule has 0 heterocycles. The van der Waals surface area contributed by atoms with Crippen molar-refractivity contribution in [1.82, 2.24) is 0 Å². The monoisotopic (exact) mass is 225 g/mol. The van der Waals surface area contributed by atoms with E-state index < -0.39 is 33.4 Å². The van der Waals surface area contributed by atoms with E-state index in [2.05, 4.69) is 0 Å². The van der Waals surface area contributed by atoms with E-state index in [1.54, 1.807) is 0 Å². The summed E-state index contributed by atoms with van der Waals surface area (Å²) in [7, 11) is 0. The number of hydrogen-bond donors (Lipinski definition) is 0. The summed E-state index contributed by atoms with van der Waals surface area (Å²) in [5.74, 6) is -1.23. The Morgan fingerprint density at radius 1 is 1.43 bits per heavy atom. The van der Waals surface area contributed by atoms with E-state index in [0.717, 1.165) is 0 Å². The predicted molar refractivity (Wildman–Crippen MR) is 43.0 cm³/mol. The Morgan fingerprint density at radius 2 is 2.00 bits per heavy atom. The van der Waals surface area contributed by atoms with Gasteiger partial charge in [-0.25, -0.2) is 8.78 Å². The number of nitrogens with zero attached hydrogens (tertiary/aromatic N) is 1. The highest BCUT2D eigenvalue weighted by molar-refractivity contribution is 6.31. The van der Waals surface area contributed by atoms with Gasteiger partial charge in [-0.2, -0.15) is 4.39 Å². The topological polar surface area (TPSA) is 43.1 Å². The minimum Gasteiger partial charge on any atom is -0.258 e. The van der Waals surface area contributed by atoms with Crippen molar-refractivity contribution in [2.75, 3.05) is 0 Å². The molecule has 0 bridgehead atoms. The maximum Gasteiger partial charge on any atom is 0.305 e. The zero-order valence-corrected chi connectivity index (χ0v) is 7.26. The van der Waals surface area contributed by atoms with Crippen molar-refractivity contribution in [3.8, 4) is 0 Å². The van der Waals surface area contributed by atoms with Crippen LogP contribution in [0.3, 0.4) is 0 Å². The highest BCUT2D eigenvalue weighted by atomic mass is 35.5. The Bertz CT molecular complexity index is 383. The average Bonchev–Trinajstić information content (AvgIpc) is 2.02. The first-order valence-electron chi connectivity index (χ1n) is 3.35. The molecule has 0 aliphatic heterocycles. The van der Waals surface area contributed by atoms with E-state index in [-0.39, 0.29) is 0 Å². The molecule has 0 amide bonds. The molecule has 76 valence electrons. The van der Waals surface area contributed by atoms with Crippen molar-refractivity contribution < 1.29 is 18.1 Å². The van der Waals surface area contributed by atoms with Crippen LogP contribution in [0.5, 0.6) is 0 Å². The first-order chi connectivity index (χ1) is 6.43. The van der Waals surface area contributed by atoms with Crippen LogP contribution in [-0.2, 0) is 0 Å². The SMILES string of the molecule is O=[N+]([O-])c1cc(C(F)F)c(Cl)cc1F. The van der Waals surface area contributed by atoms with Gasteiger partial charge in [0.15, 0.2) is 0 Å². The van der Waals surface area contributed by atoms with E-state index in [4.69, 9.17) is 11.6 Å². The van der Waals surface area contributed by atoms with Gasteiger partial charge < -0.3 is 0 Å². The standard InChI is InChI=1S/C7H3ClF3NO2/c8-4-2-5(9)6(12(13)14)1-3(4)7(10)11/h1-2,7H. The molecule has 0 radical (unpaired) electrons. The van der Waals surface area contributed by atoms with Crippen LogP contribution in [0.2, 0.25) is 5.02 Å². The van der Waals surface area contributed by atoms with Gasteiger partial charge in [0, 0.05) is 17.7 Å². The van der Waals surface area contributed by atoms with Gasteiger partial charge in [-0.3, -0.25) is 10.1 Å². The van der Waals surface area contributed by atoms with E-state index >= 15 is 0 Å². The molecule has 0 fully saturated rings. The van der Waals surface area contributed by atoms with Gasteiger partial charge in [0.1, 0.15) is 0 Å². The molecule has 0 spiro atoms. The maximum absolute atomic E-state index is 12.8. The number of benzene rings is 1. The second-order valence-electron chi connectivity index (χ2n) is 2.38. The molecule has 7 heteroatoms. The molecule has 0 aliphatic carbocycles. The van der Waals surface area contributed by atoms with E-state index in [0.29, 0.717) is 12.1 Å². The Hall–Kier alpha value is -1.30. The molecule has 14 heavy (non-hydrogen) atoms. The lowest BCUT2D eigenvalue weighted by Gasteiger charge is -2.02. The molecular formula is C7H3ClF3NO2. The Balaban J connectivity index is 3.34. The first-order valence-corrected chi connectivity index (χ1v) is 3.72. The summed E-state index contributed by atoms with van der Waals surface area (Å²) >= 11 is 5.26. The average molecular weight is 226 g/mol. The molecule has 0 aliphatic rings. The molecule has 0 atom stereocenters.